The van der Waals surface area contributed by atoms with Crippen LogP contribution in [0.4, 0.5) is 4.39 Å². The molecule has 0 spiro atoms. The predicted octanol–water partition coefficient (Wildman–Crippen LogP) is 2.53. The van der Waals surface area contributed by atoms with Gasteiger partial charge in [-0.1, -0.05) is 25.1 Å². The number of aromatic nitrogens is 3. The number of carbonyl (C=O) groups excluding carboxylic acids is 1. The monoisotopic (exact) mass is 374 g/mol. The van der Waals surface area contributed by atoms with Gasteiger partial charge in [-0.15, -0.1) is 0 Å². The van der Waals surface area contributed by atoms with Gasteiger partial charge in [-0.2, -0.15) is 5.10 Å². The Morgan fingerprint density at radius 3 is 2.67 bits per heavy atom. The van der Waals surface area contributed by atoms with Gasteiger partial charge in [0.2, 0.25) is 5.91 Å². The summed E-state index contributed by atoms with van der Waals surface area (Å²) >= 11 is 0. The summed E-state index contributed by atoms with van der Waals surface area (Å²) < 4.78 is 21.7. The molecule has 1 atom stereocenters. The Balaban J connectivity index is 1.69. The number of nitrogens with one attached hydrogen (secondary N) is 1. The highest BCUT2D eigenvalue weighted by Gasteiger charge is 2.37. The van der Waals surface area contributed by atoms with Crippen LogP contribution in [0.3, 0.4) is 0 Å². The van der Waals surface area contributed by atoms with E-state index in [-0.39, 0.29) is 17.6 Å². The van der Waals surface area contributed by atoms with Crippen molar-refractivity contribution in [3.05, 3.63) is 47.3 Å². The maximum atomic E-state index is 14.5. The molecule has 1 fully saturated rings. The largest absolute Gasteiger partial charge is 0.381 e. The first-order chi connectivity index (χ1) is 12.9. The lowest BCUT2D eigenvalue weighted by Crippen LogP contribution is -2.46. The third-order valence-corrected chi connectivity index (χ3v) is 5.35. The van der Waals surface area contributed by atoms with E-state index < -0.39 is 5.41 Å². The van der Waals surface area contributed by atoms with Gasteiger partial charge in [0.15, 0.2) is 0 Å². The minimum Gasteiger partial charge on any atom is -0.381 e. The number of hydrogen-bond acceptors (Lipinski definition) is 4. The normalized spacial score (nSPS) is 17.5. The van der Waals surface area contributed by atoms with E-state index in [0.717, 1.165) is 5.82 Å². The predicted molar refractivity (Wildman–Crippen MR) is 99.8 cm³/mol. The number of aryl methyl sites for hydroxylation is 2. The second-order valence-electron chi connectivity index (χ2n) is 7.38. The summed E-state index contributed by atoms with van der Waals surface area (Å²) in [5, 5.41) is 7.36. The van der Waals surface area contributed by atoms with Crippen LogP contribution in [0.25, 0.3) is 0 Å². The van der Waals surface area contributed by atoms with Gasteiger partial charge in [-0.3, -0.25) is 4.79 Å². The number of nitrogens with zero attached hydrogens (tertiary/aromatic N) is 3. The second-order valence-corrected chi connectivity index (χ2v) is 7.38. The molecule has 0 saturated carbocycles. The minimum atomic E-state index is -0.432. The zero-order chi connectivity index (χ0) is 19.4. The molecule has 1 aromatic carbocycles. The summed E-state index contributed by atoms with van der Waals surface area (Å²) in [6, 6.07) is 6.83. The number of benzene rings is 1. The molecule has 1 unspecified atom stereocenters. The summed E-state index contributed by atoms with van der Waals surface area (Å²) in [6.45, 7) is 7.57. The number of carbonyl (C=O) groups is 1. The van der Waals surface area contributed by atoms with E-state index in [1.54, 1.807) is 10.7 Å². The molecule has 1 saturated heterocycles. The van der Waals surface area contributed by atoms with E-state index in [1.807, 2.05) is 32.9 Å². The molecule has 6 nitrogen and oxygen atoms in total. The Kier molecular flexibility index (Phi) is 5.89. The molecule has 1 aromatic heterocycles. The number of ether oxygens (including phenoxy) is 1. The molecule has 7 heteroatoms. The van der Waals surface area contributed by atoms with Crippen LogP contribution < -0.4 is 5.32 Å². The molecule has 146 valence electrons. The van der Waals surface area contributed by atoms with Crippen molar-refractivity contribution in [2.24, 2.45) is 5.92 Å². The van der Waals surface area contributed by atoms with Crippen LogP contribution in [0.1, 0.15) is 37.0 Å². The fraction of sp³-hybridized carbons (Fsp3) is 0.550. The number of amides is 1. The van der Waals surface area contributed by atoms with Gasteiger partial charge in [0.1, 0.15) is 17.5 Å². The van der Waals surface area contributed by atoms with E-state index >= 15 is 0 Å². The summed E-state index contributed by atoms with van der Waals surface area (Å²) in [7, 11) is 0. The Labute approximate surface area is 159 Å². The van der Waals surface area contributed by atoms with Crippen LogP contribution in [0.2, 0.25) is 0 Å². The van der Waals surface area contributed by atoms with Crippen molar-refractivity contribution in [3.8, 4) is 0 Å². The average molecular weight is 374 g/mol. The highest BCUT2D eigenvalue weighted by molar-refractivity contribution is 5.78. The molecule has 2 aromatic rings. The van der Waals surface area contributed by atoms with Crippen LogP contribution in [0.5, 0.6) is 0 Å². The average Bonchev–Trinajstić information content (AvgIpc) is 2.97. The van der Waals surface area contributed by atoms with Crippen molar-refractivity contribution < 1.29 is 13.9 Å². The Morgan fingerprint density at radius 2 is 2.04 bits per heavy atom. The van der Waals surface area contributed by atoms with Gasteiger partial charge >= 0.3 is 0 Å². The van der Waals surface area contributed by atoms with E-state index in [2.05, 4.69) is 15.4 Å². The maximum absolute atomic E-state index is 14.5. The lowest BCUT2D eigenvalue weighted by atomic mass is 9.73. The Hall–Kier alpha value is -2.28. The maximum Gasteiger partial charge on any atom is 0.224 e. The van der Waals surface area contributed by atoms with Crippen LogP contribution in [-0.4, -0.2) is 40.4 Å². The quantitative estimate of drug-likeness (QED) is 0.844. The lowest BCUT2D eigenvalue weighted by molar-refractivity contribution is -0.125. The number of halogens is 1. The highest BCUT2D eigenvalue weighted by Crippen LogP contribution is 2.35. The van der Waals surface area contributed by atoms with Crippen LogP contribution in [-0.2, 0) is 21.5 Å². The Morgan fingerprint density at radius 1 is 1.33 bits per heavy atom. The summed E-state index contributed by atoms with van der Waals surface area (Å²) in [4.78, 5) is 16.9. The van der Waals surface area contributed by atoms with Gasteiger partial charge < -0.3 is 10.1 Å². The first-order valence-corrected chi connectivity index (χ1v) is 9.40. The molecule has 1 amide bonds. The van der Waals surface area contributed by atoms with E-state index in [9.17, 15) is 9.18 Å². The molecule has 0 radical (unpaired) electrons. The third kappa shape index (κ3) is 4.35. The van der Waals surface area contributed by atoms with Gasteiger partial charge in [-0.25, -0.2) is 14.1 Å². The second kappa shape index (κ2) is 8.17. The van der Waals surface area contributed by atoms with Crippen molar-refractivity contribution in [1.29, 1.82) is 0 Å². The van der Waals surface area contributed by atoms with Gasteiger partial charge in [0, 0.05) is 25.2 Å². The van der Waals surface area contributed by atoms with Crippen molar-refractivity contribution in [2.45, 2.75) is 45.6 Å². The topological polar surface area (TPSA) is 69.0 Å². The smallest absolute Gasteiger partial charge is 0.224 e. The molecule has 2 heterocycles. The minimum absolute atomic E-state index is 0.0650. The van der Waals surface area contributed by atoms with Crippen LogP contribution >= 0.6 is 0 Å². The van der Waals surface area contributed by atoms with Gasteiger partial charge in [0.25, 0.3) is 0 Å². The summed E-state index contributed by atoms with van der Waals surface area (Å²) in [6.07, 6.45) is 1.37. The molecule has 3 rings (SSSR count). The first kappa shape index (κ1) is 19.5. The summed E-state index contributed by atoms with van der Waals surface area (Å²) in [5.74, 6) is 0.933. The van der Waals surface area contributed by atoms with E-state index in [4.69, 9.17) is 4.74 Å². The Bertz CT molecular complexity index is 799. The molecule has 1 aliphatic heterocycles. The molecule has 27 heavy (non-hydrogen) atoms. The fourth-order valence-electron chi connectivity index (χ4n) is 3.70. The highest BCUT2D eigenvalue weighted by atomic mass is 19.1. The lowest BCUT2D eigenvalue weighted by Gasteiger charge is -2.38. The number of rotatable bonds is 6. The van der Waals surface area contributed by atoms with E-state index in [1.165, 1.54) is 6.07 Å². The molecule has 1 N–H and O–H groups in total. The van der Waals surface area contributed by atoms with E-state index in [0.29, 0.717) is 50.5 Å². The molecular weight excluding hydrogens is 347 g/mol. The SMILES string of the molecule is Cc1nc(C)n(CC(C)C(=O)NCC2(c3ccccc3F)CCOCC2)n1. The van der Waals surface area contributed by atoms with Crippen LogP contribution in [0.15, 0.2) is 24.3 Å². The zero-order valence-corrected chi connectivity index (χ0v) is 16.2. The standard InChI is InChI=1S/C20H27FN4O2/c1-14(12-25-16(3)23-15(2)24-25)19(26)22-13-20(8-10-27-11-9-20)17-6-4-5-7-18(17)21/h4-7,14H,8-13H2,1-3H3,(H,22,26). The molecule has 0 aliphatic carbocycles. The number of hydrogen-bond donors (Lipinski definition) is 1. The third-order valence-electron chi connectivity index (χ3n) is 5.35. The van der Waals surface area contributed by atoms with Gasteiger partial charge in [0.05, 0.1) is 12.5 Å². The summed E-state index contributed by atoms with van der Waals surface area (Å²) in [5.41, 5.74) is 0.225. The van der Waals surface area contributed by atoms with Crippen molar-refractivity contribution in [3.63, 3.8) is 0 Å². The van der Waals surface area contributed by atoms with Crippen molar-refractivity contribution in [1.82, 2.24) is 20.1 Å². The van der Waals surface area contributed by atoms with Crippen LogP contribution in [0, 0.1) is 25.6 Å². The fourth-order valence-corrected chi connectivity index (χ4v) is 3.70. The van der Waals surface area contributed by atoms with Crippen molar-refractivity contribution in [2.75, 3.05) is 19.8 Å². The molecule has 1 aliphatic rings. The first-order valence-electron chi connectivity index (χ1n) is 9.40. The zero-order valence-electron chi connectivity index (χ0n) is 16.2. The van der Waals surface area contributed by atoms with Gasteiger partial charge in [-0.05, 0) is 38.3 Å². The van der Waals surface area contributed by atoms with Crippen molar-refractivity contribution >= 4 is 5.91 Å². The molecular formula is C20H27FN4O2. The molecule has 0 bridgehead atoms.